The molecule has 2 aliphatic heterocycles. The summed E-state index contributed by atoms with van der Waals surface area (Å²) in [4.78, 5) is 19.1. The number of amides is 1. The van der Waals surface area contributed by atoms with Crippen molar-refractivity contribution in [2.75, 3.05) is 6.54 Å². The van der Waals surface area contributed by atoms with Gasteiger partial charge in [0.25, 0.3) is 0 Å². The standard InChI is InChI=1S/C18H23BrN2O2/c1-10-8-12(19)9-14-15(10)16-11(2)21(7-6-13(16)20-14)17(22)23-18(3,4)5/h8-11H,6-7H2,1-5H3. The average molecular weight is 379 g/mol. The summed E-state index contributed by atoms with van der Waals surface area (Å²) in [6.45, 7) is 10.6. The maximum Gasteiger partial charge on any atom is 0.410 e. The Morgan fingerprint density at radius 3 is 2.70 bits per heavy atom. The molecule has 0 aromatic carbocycles. The van der Waals surface area contributed by atoms with Gasteiger partial charge in [0.1, 0.15) is 5.60 Å². The molecule has 0 radical (unpaired) electrons. The number of rotatable bonds is 0. The van der Waals surface area contributed by atoms with Gasteiger partial charge in [-0.05, 0) is 39.3 Å². The number of hydrogen-bond acceptors (Lipinski definition) is 3. The van der Waals surface area contributed by atoms with Gasteiger partial charge in [-0.2, -0.15) is 0 Å². The van der Waals surface area contributed by atoms with Crippen molar-refractivity contribution in [3.8, 4) is 0 Å². The Kier molecular flexibility index (Phi) is 4.03. The number of piperidine rings is 1. The number of ether oxygens (including phenoxy) is 1. The Morgan fingerprint density at radius 1 is 1.35 bits per heavy atom. The van der Waals surface area contributed by atoms with Gasteiger partial charge in [0.2, 0.25) is 0 Å². The molecule has 23 heavy (non-hydrogen) atoms. The van der Waals surface area contributed by atoms with Gasteiger partial charge in [-0.1, -0.05) is 28.9 Å². The van der Waals surface area contributed by atoms with Gasteiger partial charge in [-0.25, -0.2) is 4.79 Å². The SMILES string of the molecule is CC1C=C(Br)C=C2N=C3CCN(C(=O)OC(C)(C)C)C(C)C3=C21. The maximum atomic E-state index is 12.5. The van der Waals surface area contributed by atoms with E-state index in [9.17, 15) is 4.79 Å². The van der Waals surface area contributed by atoms with E-state index in [0.29, 0.717) is 12.5 Å². The maximum absolute atomic E-state index is 12.5. The van der Waals surface area contributed by atoms with Crippen LogP contribution in [0.3, 0.4) is 0 Å². The topological polar surface area (TPSA) is 41.9 Å². The molecule has 5 heteroatoms. The van der Waals surface area contributed by atoms with E-state index in [0.717, 1.165) is 22.3 Å². The average Bonchev–Trinajstić information content (AvgIpc) is 2.75. The number of carbonyl (C=O) groups is 1. The van der Waals surface area contributed by atoms with Gasteiger partial charge in [0.15, 0.2) is 0 Å². The van der Waals surface area contributed by atoms with E-state index in [1.807, 2.05) is 25.7 Å². The fraction of sp³-hybridized carbons (Fsp3) is 0.556. The van der Waals surface area contributed by atoms with Crippen LogP contribution in [-0.4, -0.2) is 34.9 Å². The number of fused-ring (bicyclic) bond motifs is 2. The number of carbonyl (C=O) groups excluding carboxylic acids is 1. The van der Waals surface area contributed by atoms with Crippen molar-refractivity contribution in [3.63, 3.8) is 0 Å². The predicted octanol–water partition coefficient (Wildman–Crippen LogP) is 4.58. The molecule has 2 heterocycles. The second-order valence-electron chi connectivity index (χ2n) is 7.36. The van der Waals surface area contributed by atoms with E-state index in [1.165, 1.54) is 11.1 Å². The highest BCUT2D eigenvalue weighted by Crippen LogP contribution is 2.42. The zero-order chi connectivity index (χ0) is 16.9. The van der Waals surface area contributed by atoms with Crippen molar-refractivity contribution >= 4 is 27.7 Å². The minimum absolute atomic E-state index is 0.00836. The Morgan fingerprint density at radius 2 is 2.04 bits per heavy atom. The molecule has 0 aromatic heterocycles. The fourth-order valence-corrected chi connectivity index (χ4v) is 4.06. The Bertz CT molecular complexity index is 680. The number of nitrogens with zero attached hydrogens (tertiary/aromatic N) is 2. The molecule has 1 amide bonds. The smallest absolute Gasteiger partial charge is 0.410 e. The lowest BCUT2D eigenvalue weighted by Gasteiger charge is -2.37. The van der Waals surface area contributed by atoms with Crippen molar-refractivity contribution in [3.05, 3.63) is 33.5 Å². The summed E-state index contributed by atoms with van der Waals surface area (Å²) in [6, 6.07) is -0.00836. The summed E-state index contributed by atoms with van der Waals surface area (Å²) in [5.41, 5.74) is 4.15. The third-order valence-electron chi connectivity index (χ3n) is 4.37. The third-order valence-corrected chi connectivity index (χ3v) is 4.87. The summed E-state index contributed by atoms with van der Waals surface area (Å²) in [7, 11) is 0. The number of allylic oxidation sites excluding steroid dienone is 4. The minimum Gasteiger partial charge on any atom is -0.444 e. The Hall–Kier alpha value is -1.36. The molecule has 2 atom stereocenters. The van der Waals surface area contributed by atoms with E-state index in [1.54, 1.807) is 0 Å². The molecule has 0 saturated carbocycles. The third kappa shape index (κ3) is 3.03. The first kappa shape index (κ1) is 16.5. The van der Waals surface area contributed by atoms with Crippen LogP contribution in [0.15, 0.2) is 38.5 Å². The first-order valence-electron chi connectivity index (χ1n) is 8.08. The number of likely N-dealkylation sites (tertiary alicyclic amines) is 1. The Balaban J connectivity index is 1.93. The molecule has 0 aromatic rings. The molecule has 3 rings (SSSR count). The van der Waals surface area contributed by atoms with E-state index in [2.05, 4.69) is 41.9 Å². The van der Waals surface area contributed by atoms with Crippen LogP contribution in [0.25, 0.3) is 0 Å². The second kappa shape index (κ2) is 5.62. The number of halogens is 1. The van der Waals surface area contributed by atoms with E-state index < -0.39 is 5.60 Å². The van der Waals surface area contributed by atoms with Gasteiger partial charge < -0.3 is 9.64 Å². The van der Waals surface area contributed by atoms with E-state index >= 15 is 0 Å². The van der Waals surface area contributed by atoms with Crippen LogP contribution >= 0.6 is 15.9 Å². The van der Waals surface area contributed by atoms with Gasteiger partial charge in [-0.15, -0.1) is 0 Å². The summed E-state index contributed by atoms with van der Waals surface area (Å²) in [5, 5.41) is 0. The molecular weight excluding hydrogens is 356 g/mol. The lowest BCUT2D eigenvalue weighted by atomic mass is 9.85. The zero-order valence-corrected chi connectivity index (χ0v) is 15.9. The molecule has 4 nitrogen and oxygen atoms in total. The molecule has 0 bridgehead atoms. The van der Waals surface area contributed by atoms with Crippen molar-refractivity contribution in [1.29, 1.82) is 0 Å². The lowest BCUT2D eigenvalue weighted by Crippen LogP contribution is -2.48. The highest BCUT2D eigenvalue weighted by Gasteiger charge is 2.39. The summed E-state index contributed by atoms with van der Waals surface area (Å²) in [5.74, 6) is 0.293. The van der Waals surface area contributed by atoms with Gasteiger partial charge >= 0.3 is 6.09 Å². The molecular formula is C18H23BrN2O2. The largest absolute Gasteiger partial charge is 0.444 e. The van der Waals surface area contributed by atoms with Gasteiger partial charge in [0.05, 0.1) is 11.7 Å². The zero-order valence-electron chi connectivity index (χ0n) is 14.3. The summed E-state index contributed by atoms with van der Waals surface area (Å²) < 4.78 is 6.64. The molecule has 124 valence electrons. The molecule has 0 N–H and O–H groups in total. The molecule has 3 aliphatic rings. The van der Waals surface area contributed by atoms with Gasteiger partial charge in [0, 0.05) is 34.7 Å². The fourth-order valence-electron chi connectivity index (χ4n) is 3.45. The van der Waals surface area contributed by atoms with E-state index in [4.69, 9.17) is 9.73 Å². The van der Waals surface area contributed by atoms with Crippen LogP contribution in [0.5, 0.6) is 0 Å². The summed E-state index contributed by atoms with van der Waals surface area (Å²) in [6.07, 6.45) is 4.79. The predicted molar refractivity (Wildman–Crippen MR) is 95.7 cm³/mol. The molecule has 1 fully saturated rings. The van der Waals surface area contributed by atoms with Crippen LogP contribution in [0.4, 0.5) is 4.79 Å². The molecule has 0 spiro atoms. The van der Waals surface area contributed by atoms with Crippen LogP contribution in [0.1, 0.15) is 41.0 Å². The molecule has 1 aliphatic carbocycles. The van der Waals surface area contributed by atoms with Gasteiger partial charge in [-0.3, -0.25) is 4.99 Å². The first-order valence-corrected chi connectivity index (χ1v) is 8.87. The quantitative estimate of drug-likeness (QED) is 0.618. The lowest BCUT2D eigenvalue weighted by molar-refractivity contribution is 0.0203. The number of hydrogen-bond donors (Lipinski definition) is 0. The van der Waals surface area contributed by atoms with Crippen molar-refractivity contribution in [2.45, 2.75) is 52.7 Å². The highest BCUT2D eigenvalue weighted by molar-refractivity contribution is 9.11. The van der Waals surface area contributed by atoms with Crippen molar-refractivity contribution in [2.24, 2.45) is 10.9 Å². The minimum atomic E-state index is -0.477. The first-order chi connectivity index (χ1) is 10.7. The normalized spacial score (nSPS) is 27.0. The van der Waals surface area contributed by atoms with E-state index in [-0.39, 0.29) is 12.1 Å². The van der Waals surface area contributed by atoms with Crippen LogP contribution < -0.4 is 0 Å². The van der Waals surface area contributed by atoms with Crippen LogP contribution in [0.2, 0.25) is 0 Å². The van der Waals surface area contributed by atoms with Crippen molar-refractivity contribution in [1.82, 2.24) is 4.90 Å². The highest BCUT2D eigenvalue weighted by atomic mass is 79.9. The van der Waals surface area contributed by atoms with Crippen LogP contribution in [0, 0.1) is 5.92 Å². The van der Waals surface area contributed by atoms with Crippen LogP contribution in [-0.2, 0) is 4.74 Å². The Labute approximate surface area is 146 Å². The number of aliphatic imine (C=N–C) groups is 1. The monoisotopic (exact) mass is 378 g/mol. The summed E-state index contributed by atoms with van der Waals surface area (Å²) >= 11 is 3.56. The van der Waals surface area contributed by atoms with Crippen molar-refractivity contribution < 1.29 is 9.53 Å². The molecule has 1 saturated heterocycles. The second-order valence-corrected chi connectivity index (χ2v) is 8.27. The molecule has 2 unspecified atom stereocenters.